The Kier molecular flexibility index (Phi) is 5.03. The van der Waals surface area contributed by atoms with Gasteiger partial charge in [0.25, 0.3) is 5.91 Å². The van der Waals surface area contributed by atoms with Gasteiger partial charge in [-0.1, -0.05) is 19.4 Å². The molecule has 1 saturated heterocycles. The molecule has 1 aliphatic heterocycles. The van der Waals surface area contributed by atoms with E-state index in [4.69, 9.17) is 0 Å². The maximum atomic E-state index is 12.6. The van der Waals surface area contributed by atoms with E-state index < -0.39 is 0 Å². The second kappa shape index (κ2) is 6.55. The van der Waals surface area contributed by atoms with Gasteiger partial charge in [0.05, 0.1) is 0 Å². The molecule has 2 nitrogen and oxygen atoms in total. The summed E-state index contributed by atoms with van der Waals surface area (Å²) in [5.74, 6) is 0.215. The predicted molar refractivity (Wildman–Crippen MR) is 82.7 cm³/mol. The number of hydrogen-bond donors (Lipinski definition) is 0. The van der Waals surface area contributed by atoms with Gasteiger partial charge < -0.3 is 4.90 Å². The molecule has 18 heavy (non-hydrogen) atoms. The molecule has 2 rings (SSSR count). The number of rotatable bonds is 3. The summed E-state index contributed by atoms with van der Waals surface area (Å²) < 4.78 is 1.13. The molecule has 0 N–H and O–H groups in total. The zero-order valence-corrected chi connectivity index (χ0v) is 13.0. The Labute approximate surface area is 123 Å². The number of halogens is 1. The number of nitrogens with zero attached hydrogens (tertiary/aromatic N) is 1. The van der Waals surface area contributed by atoms with E-state index in [9.17, 15) is 4.79 Å². The number of hydrogen-bond acceptors (Lipinski definition) is 1. The Morgan fingerprint density at radius 1 is 1.44 bits per heavy atom. The highest BCUT2D eigenvalue weighted by atomic mass is 127. The van der Waals surface area contributed by atoms with E-state index in [1.807, 2.05) is 24.3 Å². The van der Waals surface area contributed by atoms with Crippen molar-refractivity contribution in [1.82, 2.24) is 4.90 Å². The number of carbonyl (C=O) groups excluding carboxylic acids is 1. The summed E-state index contributed by atoms with van der Waals surface area (Å²) in [5, 5.41) is 0. The normalized spacial score (nSPS) is 19.9. The molecule has 1 aromatic rings. The SMILES string of the molecule is CCCC1CCCCN1C(=O)c1cccc(I)c1. The lowest BCUT2D eigenvalue weighted by Crippen LogP contribution is -2.43. The molecule has 0 aromatic heterocycles. The van der Waals surface area contributed by atoms with Crippen LogP contribution < -0.4 is 0 Å². The van der Waals surface area contributed by atoms with Gasteiger partial charge in [0.2, 0.25) is 0 Å². The minimum atomic E-state index is 0.215. The third-order valence-corrected chi connectivity index (χ3v) is 4.25. The fourth-order valence-corrected chi connectivity index (χ4v) is 3.23. The molecular formula is C15H20INO. The van der Waals surface area contributed by atoms with Crippen LogP contribution in [0.2, 0.25) is 0 Å². The largest absolute Gasteiger partial charge is 0.336 e. The van der Waals surface area contributed by atoms with Crippen LogP contribution in [0.4, 0.5) is 0 Å². The molecular weight excluding hydrogens is 337 g/mol. The van der Waals surface area contributed by atoms with E-state index in [2.05, 4.69) is 34.4 Å². The van der Waals surface area contributed by atoms with Gasteiger partial charge in [0, 0.05) is 21.7 Å². The van der Waals surface area contributed by atoms with Crippen molar-refractivity contribution < 1.29 is 4.79 Å². The predicted octanol–water partition coefficient (Wildman–Crippen LogP) is 4.09. The van der Waals surface area contributed by atoms with Crippen molar-refractivity contribution >= 4 is 28.5 Å². The average molecular weight is 357 g/mol. The number of carbonyl (C=O) groups is 1. The molecule has 1 atom stereocenters. The van der Waals surface area contributed by atoms with Gasteiger partial charge in [-0.25, -0.2) is 0 Å². The van der Waals surface area contributed by atoms with Gasteiger partial charge in [0.1, 0.15) is 0 Å². The molecule has 1 heterocycles. The lowest BCUT2D eigenvalue weighted by molar-refractivity contribution is 0.0600. The monoisotopic (exact) mass is 357 g/mol. The Bertz CT molecular complexity index is 417. The fraction of sp³-hybridized carbons (Fsp3) is 0.533. The molecule has 1 aliphatic rings. The van der Waals surface area contributed by atoms with Crippen LogP contribution in [0, 0.1) is 3.57 Å². The highest BCUT2D eigenvalue weighted by molar-refractivity contribution is 14.1. The first-order chi connectivity index (χ1) is 8.72. The summed E-state index contributed by atoms with van der Waals surface area (Å²) in [6.07, 6.45) is 5.87. The van der Waals surface area contributed by atoms with E-state index >= 15 is 0 Å². The summed E-state index contributed by atoms with van der Waals surface area (Å²) in [6, 6.07) is 8.36. The maximum absolute atomic E-state index is 12.6. The van der Waals surface area contributed by atoms with Gasteiger partial charge in [-0.05, 0) is 66.5 Å². The second-order valence-corrected chi connectivity index (χ2v) is 6.19. The highest BCUT2D eigenvalue weighted by Crippen LogP contribution is 2.23. The third-order valence-electron chi connectivity index (χ3n) is 3.58. The van der Waals surface area contributed by atoms with E-state index in [1.165, 1.54) is 12.8 Å². The fourth-order valence-electron chi connectivity index (χ4n) is 2.69. The van der Waals surface area contributed by atoms with E-state index in [-0.39, 0.29) is 5.91 Å². The van der Waals surface area contributed by atoms with Crippen LogP contribution in [0.25, 0.3) is 0 Å². The standard InChI is InChI=1S/C15H20INO/c1-2-6-14-9-3-4-10-17(14)15(18)12-7-5-8-13(16)11-12/h5,7-8,11,14H,2-4,6,9-10H2,1H3. The van der Waals surface area contributed by atoms with Gasteiger partial charge in [-0.2, -0.15) is 0 Å². The Hall–Kier alpha value is -0.580. The molecule has 3 heteroatoms. The Morgan fingerprint density at radius 2 is 2.28 bits per heavy atom. The minimum Gasteiger partial charge on any atom is -0.336 e. The molecule has 1 unspecified atom stereocenters. The maximum Gasteiger partial charge on any atom is 0.254 e. The first-order valence-electron chi connectivity index (χ1n) is 6.79. The van der Waals surface area contributed by atoms with Crippen LogP contribution in [0.15, 0.2) is 24.3 Å². The summed E-state index contributed by atoms with van der Waals surface area (Å²) >= 11 is 2.26. The average Bonchev–Trinajstić information content (AvgIpc) is 2.39. The van der Waals surface area contributed by atoms with E-state index in [0.717, 1.165) is 34.9 Å². The van der Waals surface area contributed by atoms with Crippen LogP contribution in [0.3, 0.4) is 0 Å². The smallest absolute Gasteiger partial charge is 0.254 e. The Morgan fingerprint density at radius 3 is 3.00 bits per heavy atom. The summed E-state index contributed by atoms with van der Waals surface area (Å²) in [7, 11) is 0. The van der Waals surface area contributed by atoms with Gasteiger partial charge in [-0.15, -0.1) is 0 Å². The molecule has 1 aromatic carbocycles. The van der Waals surface area contributed by atoms with Crippen molar-refractivity contribution in [1.29, 1.82) is 0 Å². The van der Waals surface area contributed by atoms with E-state index in [1.54, 1.807) is 0 Å². The number of likely N-dealkylation sites (tertiary alicyclic amines) is 1. The number of amides is 1. The van der Waals surface area contributed by atoms with Crippen molar-refractivity contribution in [3.05, 3.63) is 33.4 Å². The quantitative estimate of drug-likeness (QED) is 0.747. The first kappa shape index (κ1) is 13.8. The van der Waals surface area contributed by atoms with Gasteiger partial charge in [0.15, 0.2) is 0 Å². The molecule has 98 valence electrons. The number of benzene rings is 1. The second-order valence-electron chi connectivity index (χ2n) is 4.95. The lowest BCUT2D eigenvalue weighted by atomic mass is 9.97. The van der Waals surface area contributed by atoms with Crippen LogP contribution in [0.1, 0.15) is 49.4 Å². The Balaban J connectivity index is 2.15. The van der Waals surface area contributed by atoms with Crippen LogP contribution in [0.5, 0.6) is 0 Å². The van der Waals surface area contributed by atoms with Crippen molar-refractivity contribution in [2.75, 3.05) is 6.54 Å². The first-order valence-corrected chi connectivity index (χ1v) is 7.86. The molecule has 0 spiro atoms. The minimum absolute atomic E-state index is 0.215. The molecule has 0 bridgehead atoms. The lowest BCUT2D eigenvalue weighted by Gasteiger charge is -2.36. The van der Waals surface area contributed by atoms with Crippen molar-refractivity contribution in [2.24, 2.45) is 0 Å². The summed E-state index contributed by atoms with van der Waals surface area (Å²) in [4.78, 5) is 14.7. The topological polar surface area (TPSA) is 20.3 Å². The van der Waals surface area contributed by atoms with E-state index in [0.29, 0.717) is 6.04 Å². The van der Waals surface area contributed by atoms with Gasteiger partial charge >= 0.3 is 0 Å². The number of piperidine rings is 1. The van der Waals surface area contributed by atoms with Gasteiger partial charge in [-0.3, -0.25) is 4.79 Å². The van der Waals surface area contributed by atoms with Crippen LogP contribution in [-0.4, -0.2) is 23.4 Å². The van der Waals surface area contributed by atoms with Crippen molar-refractivity contribution in [3.8, 4) is 0 Å². The zero-order chi connectivity index (χ0) is 13.0. The zero-order valence-electron chi connectivity index (χ0n) is 10.9. The summed E-state index contributed by atoms with van der Waals surface area (Å²) in [5.41, 5.74) is 0.838. The molecule has 1 fully saturated rings. The third kappa shape index (κ3) is 3.25. The molecule has 1 amide bonds. The molecule has 0 radical (unpaired) electrons. The van der Waals surface area contributed by atoms with Crippen LogP contribution >= 0.6 is 22.6 Å². The van der Waals surface area contributed by atoms with Crippen molar-refractivity contribution in [3.63, 3.8) is 0 Å². The van der Waals surface area contributed by atoms with Crippen molar-refractivity contribution in [2.45, 2.75) is 45.1 Å². The molecule has 0 saturated carbocycles. The highest BCUT2D eigenvalue weighted by Gasteiger charge is 2.26. The molecule has 0 aliphatic carbocycles. The van der Waals surface area contributed by atoms with Crippen LogP contribution in [-0.2, 0) is 0 Å². The summed E-state index contributed by atoms with van der Waals surface area (Å²) in [6.45, 7) is 3.12.